The summed E-state index contributed by atoms with van der Waals surface area (Å²) in [7, 11) is -1.41. The molecule has 2 aliphatic heterocycles. The molecule has 2 aliphatic rings. The van der Waals surface area contributed by atoms with Crippen molar-refractivity contribution in [2.45, 2.75) is 18.2 Å². The molecule has 0 saturated carbocycles. The normalized spacial score (nSPS) is 27.7. The smallest absolute Gasteiger partial charge is 0.161 e. The van der Waals surface area contributed by atoms with Crippen LogP contribution in [0.4, 0.5) is 5.69 Å². The number of anilines is 1. The Morgan fingerprint density at radius 3 is 2.85 bits per heavy atom. The highest BCUT2D eigenvalue weighted by Crippen LogP contribution is 2.43. The Balaban J connectivity index is 2.05. The predicted molar refractivity (Wildman–Crippen MR) is 81.8 cm³/mol. The number of benzene rings is 1. The highest BCUT2D eigenvalue weighted by Gasteiger charge is 2.49. The van der Waals surface area contributed by atoms with E-state index in [1.54, 1.807) is 7.11 Å². The van der Waals surface area contributed by atoms with Crippen LogP contribution in [0.5, 0.6) is 5.75 Å². The van der Waals surface area contributed by atoms with Gasteiger partial charge in [-0.05, 0) is 24.6 Å². The first-order chi connectivity index (χ1) is 9.41. The van der Waals surface area contributed by atoms with Gasteiger partial charge in [-0.2, -0.15) is 0 Å². The number of nitrogens with one attached hydrogen (secondary N) is 1. The summed E-state index contributed by atoms with van der Waals surface area (Å²) in [6.07, 6.45) is 0. The molecule has 0 amide bonds. The second kappa shape index (κ2) is 4.66. The molecule has 1 aromatic rings. The molecule has 2 fully saturated rings. The minimum Gasteiger partial charge on any atom is -0.495 e. The number of nitrogens with zero attached hydrogens (tertiary/aromatic N) is 1. The first-order valence-corrected chi connectivity index (χ1v) is 9.01. The van der Waals surface area contributed by atoms with E-state index < -0.39 is 9.84 Å². The highest BCUT2D eigenvalue weighted by molar-refractivity contribution is 8.15. The van der Waals surface area contributed by atoms with Crippen molar-refractivity contribution in [2.75, 3.05) is 23.5 Å². The van der Waals surface area contributed by atoms with Crippen molar-refractivity contribution < 1.29 is 13.2 Å². The number of fused-ring (bicyclic) bond motifs is 1. The quantitative estimate of drug-likeness (QED) is 0.899. The molecule has 0 radical (unpaired) electrons. The molecule has 3 rings (SSSR count). The Morgan fingerprint density at radius 1 is 1.40 bits per heavy atom. The molecule has 5 nitrogen and oxygen atoms in total. The third-order valence-electron chi connectivity index (χ3n) is 3.68. The Kier molecular flexibility index (Phi) is 3.21. The number of methoxy groups -OCH3 is 1. The molecule has 7 heteroatoms. The van der Waals surface area contributed by atoms with Crippen molar-refractivity contribution >= 4 is 32.5 Å². The van der Waals surface area contributed by atoms with Crippen molar-refractivity contribution in [3.8, 4) is 5.75 Å². The average Bonchev–Trinajstić information content (AvgIpc) is 2.79. The summed E-state index contributed by atoms with van der Waals surface area (Å²) in [6.45, 7) is 1.97. The van der Waals surface area contributed by atoms with E-state index in [1.807, 2.05) is 30.0 Å². The van der Waals surface area contributed by atoms with E-state index in [9.17, 15) is 8.42 Å². The number of hydrogen-bond donors (Lipinski definition) is 1. The van der Waals surface area contributed by atoms with E-state index in [4.69, 9.17) is 10.1 Å². The maximum absolute atomic E-state index is 11.8. The summed E-state index contributed by atoms with van der Waals surface area (Å²) in [4.78, 5) is 1.81. The van der Waals surface area contributed by atoms with Gasteiger partial charge in [-0.3, -0.25) is 5.41 Å². The van der Waals surface area contributed by atoms with Crippen LogP contribution in [-0.4, -0.2) is 43.5 Å². The van der Waals surface area contributed by atoms with Crippen LogP contribution in [0.2, 0.25) is 0 Å². The maximum atomic E-state index is 11.8. The Morgan fingerprint density at radius 2 is 2.15 bits per heavy atom. The Labute approximate surface area is 122 Å². The van der Waals surface area contributed by atoms with Crippen LogP contribution in [0, 0.1) is 12.3 Å². The van der Waals surface area contributed by atoms with E-state index in [2.05, 4.69) is 0 Å². The zero-order chi connectivity index (χ0) is 14.5. The summed E-state index contributed by atoms with van der Waals surface area (Å²) in [5, 5.41) is 8.51. The lowest BCUT2D eigenvalue weighted by molar-refractivity contribution is 0.415. The van der Waals surface area contributed by atoms with E-state index >= 15 is 0 Å². The number of amidine groups is 1. The van der Waals surface area contributed by atoms with E-state index in [0.29, 0.717) is 10.9 Å². The summed E-state index contributed by atoms with van der Waals surface area (Å²) in [6, 6.07) is 5.59. The zero-order valence-electron chi connectivity index (χ0n) is 11.3. The lowest BCUT2D eigenvalue weighted by Crippen LogP contribution is -2.37. The monoisotopic (exact) mass is 312 g/mol. The van der Waals surface area contributed by atoms with E-state index in [-0.39, 0.29) is 22.8 Å². The summed E-state index contributed by atoms with van der Waals surface area (Å²) in [5.41, 5.74) is 1.84. The summed E-state index contributed by atoms with van der Waals surface area (Å²) >= 11 is 1.34. The standard InChI is InChI=1S/C13H16N2O3S2/c1-8-3-4-11(18-2)9(5-8)15-10-6-20(16,17)7-12(10)19-13(15)14/h3-5,10,12,14H,6-7H2,1-2H3/t10-,12+/m0/s1. The molecule has 0 spiro atoms. The van der Waals surface area contributed by atoms with Gasteiger partial charge in [-0.15, -0.1) is 0 Å². The van der Waals surface area contributed by atoms with Gasteiger partial charge in [0.2, 0.25) is 0 Å². The molecule has 20 heavy (non-hydrogen) atoms. The molecule has 2 saturated heterocycles. The Hall–Kier alpha value is -1.21. The molecular formula is C13H16N2O3S2. The molecule has 0 aliphatic carbocycles. The van der Waals surface area contributed by atoms with Gasteiger partial charge in [-0.25, -0.2) is 8.42 Å². The molecule has 1 aromatic carbocycles. The molecule has 0 aromatic heterocycles. The lowest BCUT2D eigenvalue weighted by atomic mass is 10.1. The third kappa shape index (κ3) is 2.18. The molecule has 2 atom stereocenters. The second-order valence-electron chi connectivity index (χ2n) is 5.15. The van der Waals surface area contributed by atoms with Gasteiger partial charge in [-0.1, -0.05) is 17.8 Å². The van der Waals surface area contributed by atoms with Gasteiger partial charge in [0.1, 0.15) is 5.75 Å². The van der Waals surface area contributed by atoms with Gasteiger partial charge in [0.05, 0.1) is 30.3 Å². The van der Waals surface area contributed by atoms with E-state index in [0.717, 1.165) is 11.3 Å². The van der Waals surface area contributed by atoms with Crippen LogP contribution in [0.1, 0.15) is 5.56 Å². The number of aryl methyl sites for hydroxylation is 1. The van der Waals surface area contributed by atoms with Crippen molar-refractivity contribution in [2.24, 2.45) is 0 Å². The van der Waals surface area contributed by atoms with Crippen LogP contribution >= 0.6 is 11.8 Å². The van der Waals surface area contributed by atoms with Gasteiger partial charge in [0.15, 0.2) is 15.0 Å². The summed E-state index contributed by atoms with van der Waals surface area (Å²) < 4.78 is 29.0. The third-order valence-corrected chi connectivity index (χ3v) is 6.81. The minimum absolute atomic E-state index is 0.0438. The number of rotatable bonds is 2. The van der Waals surface area contributed by atoms with Crippen LogP contribution < -0.4 is 9.64 Å². The largest absolute Gasteiger partial charge is 0.495 e. The van der Waals surface area contributed by atoms with Crippen molar-refractivity contribution in [1.82, 2.24) is 0 Å². The van der Waals surface area contributed by atoms with Gasteiger partial charge in [0, 0.05) is 5.25 Å². The van der Waals surface area contributed by atoms with Crippen LogP contribution in [0.15, 0.2) is 18.2 Å². The highest BCUT2D eigenvalue weighted by atomic mass is 32.2. The van der Waals surface area contributed by atoms with Crippen LogP contribution in [-0.2, 0) is 9.84 Å². The number of hydrogen-bond acceptors (Lipinski definition) is 5. The van der Waals surface area contributed by atoms with Crippen LogP contribution in [0.3, 0.4) is 0 Å². The number of ether oxygens (including phenoxy) is 1. The van der Waals surface area contributed by atoms with Gasteiger partial charge in [0.25, 0.3) is 0 Å². The van der Waals surface area contributed by atoms with Gasteiger partial charge < -0.3 is 9.64 Å². The predicted octanol–water partition coefficient (Wildman–Crippen LogP) is 1.66. The number of sulfone groups is 1. The first-order valence-electron chi connectivity index (χ1n) is 6.31. The fourth-order valence-electron chi connectivity index (χ4n) is 2.78. The van der Waals surface area contributed by atoms with Crippen molar-refractivity contribution in [3.05, 3.63) is 23.8 Å². The molecule has 1 N–H and O–H groups in total. The SMILES string of the molecule is COc1ccc(C)cc1N1C(=N)S[C@@H]2CS(=O)(=O)C[C@@H]21. The molecule has 0 unspecified atom stereocenters. The van der Waals surface area contributed by atoms with Crippen LogP contribution in [0.25, 0.3) is 0 Å². The average molecular weight is 312 g/mol. The topological polar surface area (TPSA) is 70.5 Å². The molecular weight excluding hydrogens is 296 g/mol. The minimum atomic E-state index is -3.00. The lowest BCUT2D eigenvalue weighted by Gasteiger charge is -2.26. The first kappa shape index (κ1) is 13.8. The van der Waals surface area contributed by atoms with Gasteiger partial charge >= 0.3 is 0 Å². The van der Waals surface area contributed by atoms with Crippen molar-refractivity contribution in [3.63, 3.8) is 0 Å². The maximum Gasteiger partial charge on any atom is 0.161 e. The zero-order valence-corrected chi connectivity index (χ0v) is 12.9. The molecule has 2 heterocycles. The number of thioether (sulfide) groups is 1. The van der Waals surface area contributed by atoms with E-state index in [1.165, 1.54) is 11.8 Å². The Bertz CT molecular complexity index is 672. The molecule has 0 bridgehead atoms. The fraction of sp³-hybridized carbons (Fsp3) is 0.462. The molecule has 108 valence electrons. The fourth-order valence-corrected chi connectivity index (χ4v) is 6.56. The van der Waals surface area contributed by atoms with Crippen molar-refractivity contribution in [1.29, 1.82) is 5.41 Å². The summed E-state index contributed by atoms with van der Waals surface area (Å²) in [5.74, 6) is 0.949. The second-order valence-corrected chi connectivity index (χ2v) is 8.53.